The van der Waals surface area contributed by atoms with E-state index in [0.717, 1.165) is 39.2 Å². The largest absolute Gasteiger partial charge is 0.309 e. The van der Waals surface area contributed by atoms with Gasteiger partial charge in [-0.2, -0.15) is 0 Å². The summed E-state index contributed by atoms with van der Waals surface area (Å²) in [6.45, 7) is 0. The Morgan fingerprint density at radius 2 is 0.762 bits per heavy atom. The van der Waals surface area contributed by atoms with Gasteiger partial charge >= 0.3 is 0 Å². The minimum absolute atomic E-state index is 0.644. The van der Waals surface area contributed by atoms with Crippen LogP contribution in [0, 0.1) is 0 Å². The Hall–Kier alpha value is -8.19. The van der Waals surface area contributed by atoms with Crippen molar-refractivity contribution in [3.63, 3.8) is 0 Å². The van der Waals surface area contributed by atoms with Crippen molar-refractivity contribution in [3.8, 4) is 56.7 Å². The fourth-order valence-electron chi connectivity index (χ4n) is 9.44. The lowest BCUT2D eigenvalue weighted by Crippen LogP contribution is -2.00. The highest BCUT2D eigenvalue weighted by Gasteiger charge is 2.20. The molecule has 4 heterocycles. The standard InChI is InChI=1S/C57H35N5S/c1-3-13-38(14-4-1)55-58-56(39-15-5-2-6-16-39)60-57(59-55)40-25-23-36(24-26-40)37-27-29-41(30-28-37)61-48-20-10-7-17-43(48)47-35-42(31-33-50(47)61)62-49-21-11-8-19-46(49)53-51(62)34-32-45-44-18-9-12-22-52(44)63-54(45)53/h1-35H. The predicted molar refractivity (Wildman–Crippen MR) is 263 cm³/mol. The maximum Gasteiger partial charge on any atom is 0.164 e. The van der Waals surface area contributed by atoms with E-state index in [1.165, 1.54) is 63.8 Å². The van der Waals surface area contributed by atoms with Gasteiger partial charge in [-0.3, -0.25) is 0 Å². The van der Waals surface area contributed by atoms with Crippen LogP contribution < -0.4 is 0 Å². The summed E-state index contributed by atoms with van der Waals surface area (Å²) in [5, 5.41) is 7.70. The summed E-state index contributed by atoms with van der Waals surface area (Å²) in [6, 6.07) is 75.6. The maximum absolute atomic E-state index is 4.93. The Kier molecular flexibility index (Phi) is 8.01. The van der Waals surface area contributed by atoms with Gasteiger partial charge in [0.05, 0.1) is 22.1 Å². The first kappa shape index (κ1) is 35.6. The average Bonchev–Trinajstić information content (AvgIpc) is 4.02. The average molecular weight is 822 g/mol. The number of nitrogens with zero attached hydrogens (tertiary/aromatic N) is 5. The van der Waals surface area contributed by atoms with Crippen LogP contribution in [0.3, 0.4) is 0 Å². The van der Waals surface area contributed by atoms with E-state index >= 15 is 0 Å². The second-order valence-corrected chi connectivity index (χ2v) is 17.1. The van der Waals surface area contributed by atoms with Crippen LogP contribution in [0.5, 0.6) is 0 Å². The van der Waals surface area contributed by atoms with E-state index in [1.807, 2.05) is 72.0 Å². The Bertz CT molecular complexity index is 3820. The normalized spacial score (nSPS) is 11.8. The molecule has 63 heavy (non-hydrogen) atoms. The second-order valence-electron chi connectivity index (χ2n) is 16.0. The quantitative estimate of drug-likeness (QED) is 0.168. The molecule has 0 spiro atoms. The highest BCUT2D eigenvalue weighted by atomic mass is 32.1. The second kappa shape index (κ2) is 14.2. The van der Waals surface area contributed by atoms with E-state index in [9.17, 15) is 0 Å². The first-order chi connectivity index (χ1) is 31.2. The number of hydrogen-bond acceptors (Lipinski definition) is 4. The molecule has 0 N–H and O–H groups in total. The predicted octanol–water partition coefficient (Wildman–Crippen LogP) is 15.1. The molecule has 13 rings (SSSR count). The summed E-state index contributed by atoms with van der Waals surface area (Å²) < 4.78 is 7.51. The smallest absolute Gasteiger partial charge is 0.164 e. The number of aromatic nitrogens is 5. The summed E-state index contributed by atoms with van der Waals surface area (Å²) in [5.74, 6) is 1.95. The number of benzene rings is 9. The zero-order valence-electron chi connectivity index (χ0n) is 33.9. The molecule has 0 fully saturated rings. The molecule has 4 aromatic heterocycles. The van der Waals surface area contributed by atoms with E-state index in [-0.39, 0.29) is 0 Å². The van der Waals surface area contributed by atoms with Crippen LogP contribution in [0.2, 0.25) is 0 Å². The topological polar surface area (TPSA) is 48.5 Å². The van der Waals surface area contributed by atoms with Crippen molar-refractivity contribution in [1.29, 1.82) is 0 Å². The van der Waals surface area contributed by atoms with Gasteiger partial charge in [0.15, 0.2) is 17.5 Å². The first-order valence-electron chi connectivity index (χ1n) is 21.2. The van der Waals surface area contributed by atoms with Crippen LogP contribution in [0.15, 0.2) is 212 Å². The van der Waals surface area contributed by atoms with Gasteiger partial charge < -0.3 is 9.13 Å². The number of fused-ring (bicyclic) bond motifs is 10. The van der Waals surface area contributed by atoms with Crippen molar-refractivity contribution in [1.82, 2.24) is 24.1 Å². The van der Waals surface area contributed by atoms with Crippen LogP contribution >= 0.6 is 11.3 Å². The fourth-order valence-corrected chi connectivity index (χ4v) is 10.7. The van der Waals surface area contributed by atoms with Crippen molar-refractivity contribution in [3.05, 3.63) is 212 Å². The van der Waals surface area contributed by atoms with Crippen molar-refractivity contribution in [2.24, 2.45) is 0 Å². The van der Waals surface area contributed by atoms with Gasteiger partial charge in [0.2, 0.25) is 0 Å². The summed E-state index contributed by atoms with van der Waals surface area (Å²) in [7, 11) is 0. The molecule has 0 saturated carbocycles. The summed E-state index contributed by atoms with van der Waals surface area (Å²) in [4.78, 5) is 14.7. The SMILES string of the molecule is c1ccc(-c2nc(-c3ccccc3)nc(-c3ccc(-c4ccc(-n5c6ccccc6c6cc(-n7c8ccccc8c8c9sc%10ccccc%10c9ccc87)ccc65)cc4)cc3)n2)cc1. The Morgan fingerprint density at radius 3 is 1.43 bits per heavy atom. The van der Waals surface area contributed by atoms with Gasteiger partial charge in [-0.1, -0.05) is 158 Å². The minimum atomic E-state index is 0.644. The number of hydrogen-bond donors (Lipinski definition) is 0. The van der Waals surface area contributed by atoms with E-state index < -0.39 is 0 Å². The maximum atomic E-state index is 4.93. The molecule has 0 atom stereocenters. The van der Waals surface area contributed by atoms with Crippen molar-refractivity contribution in [2.45, 2.75) is 0 Å². The molecule has 0 bridgehead atoms. The van der Waals surface area contributed by atoms with E-state index in [4.69, 9.17) is 15.0 Å². The van der Waals surface area contributed by atoms with E-state index in [1.54, 1.807) is 0 Å². The van der Waals surface area contributed by atoms with Crippen molar-refractivity contribution >= 4 is 75.1 Å². The van der Waals surface area contributed by atoms with E-state index in [2.05, 4.69) is 161 Å². The van der Waals surface area contributed by atoms with Gasteiger partial charge in [0, 0.05) is 69.8 Å². The van der Waals surface area contributed by atoms with Crippen molar-refractivity contribution < 1.29 is 0 Å². The lowest BCUT2D eigenvalue weighted by atomic mass is 10.0. The molecule has 5 nitrogen and oxygen atoms in total. The third-order valence-electron chi connectivity index (χ3n) is 12.4. The molecule has 294 valence electrons. The molecular weight excluding hydrogens is 787 g/mol. The zero-order valence-corrected chi connectivity index (χ0v) is 34.7. The van der Waals surface area contributed by atoms with Crippen LogP contribution in [0.25, 0.3) is 120 Å². The highest BCUT2D eigenvalue weighted by Crippen LogP contribution is 2.44. The molecule has 6 heteroatoms. The lowest BCUT2D eigenvalue weighted by molar-refractivity contribution is 1.07. The summed E-state index contributed by atoms with van der Waals surface area (Å²) in [6.07, 6.45) is 0. The van der Waals surface area contributed by atoms with Gasteiger partial charge in [0.25, 0.3) is 0 Å². The lowest BCUT2D eigenvalue weighted by Gasteiger charge is -2.11. The minimum Gasteiger partial charge on any atom is -0.309 e. The monoisotopic (exact) mass is 821 g/mol. The van der Waals surface area contributed by atoms with Crippen molar-refractivity contribution in [2.75, 3.05) is 0 Å². The molecule has 0 saturated heterocycles. The van der Waals surface area contributed by atoms with Gasteiger partial charge in [-0.15, -0.1) is 11.3 Å². The van der Waals surface area contributed by atoms with Crippen LogP contribution in [-0.2, 0) is 0 Å². The Balaban J connectivity index is 0.874. The number of rotatable bonds is 6. The first-order valence-corrected chi connectivity index (χ1v) is 22.0. The number of thiophene rings is 1. The third kappa shape index (κ3) is 5.73. The molecule has 9 aromatic carbocycles. The molecule has 0 amide bonds. The summed E-state index contributed by atoms with van der Waals surface area (Å²) in [5.41, 5.74) is 12.2. The molecule has 0 aliphatic rings. The van der Waals surface area contributed by atoms with Crippen LogP contribution in [0.1, 0.15) is 0 Å². The Labute approximate surface area is 366 Å². The molecule has 0 aliphatic carbocycles. The van der Waals surface area contributed by atoms with Crippen LogP contribution in [0.4, 0.5) is 0 Å². The molecule has 0 radical (unpaired) electrons. The zero-order chi connectivity index (χ0) is 41.4. The third-order valence-corrected chi connectivity index (χ3v) is 13.6. The molecular formula is C57H35N5S. The fraction of sp³-hybridized carbons (Fsp3) is 0. The summed E-state index contributed by atoms with van der Waals surface area (Å²) >= 11 is 1.89. The molecule has 0 unspecified atom stereocenters. The van der Waals surface area contributed by atoms with Crippen LogP contribution in [-0.4, -0.2) is 24.1 Å². The van der Waals surface area contributed by atoms with Gasteiger partial charge in [-0.05, 0) is 65.7 Å². The van der Waals surface area contributed by atoms with Gasteiger partial charge in [-0.25, -0.2) is 15.0 Å². The van der Waals surface area contributed by atoms with Gasteiger partial charge in [0.1, 0.15) is 0 Å². The van der Waals surface area contributed by atoms with E-state index in [0.29, 0.717) is 17.5 Å². The molecule has 13 aromatic rings. The highest BCUT2D eigenvalue weighted by molar-refractivity contribution is 7.26. The molecule has 0 aliphatic heterocycles. The Morgan fingerprint density at radius 1 is 0.302 bits per heavy atom. The number of para-hydroxylation sites is 2.